The third-order valence-corrected chi connectivity index (χ3v) is 3.84. The Balaban J connectivity index is 2.89. The van der Waals surface area contributed by atoms with Crippen LogP contribution in [0.1, 0.15) is 52.9 Å². The molecule has 0 spiro atoms. The molecule has 1 rings (SSSR count). The Hall–Kier alpha value is -1.26. The molecule has 1 saturated heterocycles. The summed E-state index contributed by atoms with van der Waals surface area (Å²) in [4.78, 5) is 27.4. The van der Waals surface area contributed by atoms with Crippen molar-refractivity contribution in [3.8, 4) is 0 Å². The Morgan fingerprint density at radius 2 is 1.79 bits per heavy atom. The van der Waals surface area contributed by atoms with E-state index in [1.807, 2.05) is 13.8 Å². The Morgan fingerprint density at radius 1 is 1.21 bits per heavy atom. The molecule has 1 unspecified atom stereocenters. The van der Waals surface area contributed by atoms with Crippen molar-refractivity contribution >= 4 is 12.0 Å². The van der Waals surface area contributed by atoms with E-state index in [0.717, 1.165) is 25.7 Å². The molecule has 19 heavy (non-hydrogen) atoms. The minimum Gasteiger partial charge on any atom is -0.480 e. The van der Waals surface area contributed by atoms with Crippen molar-refractivity contribution in [3.05, 3.63) is 0 Å². The Bertz CT molecular complexity index is 327. The lowest BCUT2D eigenvalue weighted by molar-refractivity contribution is -0.150. The molecule has 1 heterocycles. The smallest absolute Gasteiger partial charge is 0.329 e. The molecule has 0 aromatic rings. The number of hydrogen-bond acceptors (Lipinski definition) is 2. The van der Waals surface area contributed by atoms with Gasteiger partial charge >= 0.3 is 12.0 Å². The van der Waals surface area contributed by atoms with E-state index in [1.165, 1.54) is 0 Å². The maximum atomic E-state index is 12.6. The summed E-state index contributed by atoms with van der Waals surface area (Å²) < 4.78 is 0. The number of amides is 2. The number of carboxylic acid groups (broad SMARTS) is 1. The standard InChI is InChI=1S/C14H26N2O3/c1-4-9-15(10-5-2)13(19)16-11-7-6-8-14(16,3)12(17)18/h4-11H2,1-3H3,(H,17,18). The zero-order valence-electron chi connectivity index (χ0n) is 12.3. The van der Waals surface area contributed by atoms with E-state index in [1.54, 1.807) is 16.7 Å². The molecule has 1 fully saturated rings. The molecule has 5 nitrogen and oxygen atoms in total. The first-order valence-electron chi connectivity index (χ1n) is 7.27. The molecule has 1 aliphatic heterocycles. The van der Waals surface area contributed by atoms with E-state index in [2.05, 4.69) is 0 Å². The number of carboxylic acids is 1. The molecule has 0 radical (unpaired) electrons. The number of likely N-dealkylation sites (tertiary alicyclic amines) is 1. The summed E-state index contributed by atoms with van der Waals surface area (Å²) in [7, 11) is 0. The average Bonchev–Trinajstić information content (AvgIpc) is 2.38. The minimum absolute atomic E-state index is 0.117. The number of hydrogen-bond donors (Lipinski definition) is 1. The summed E-state index contributed by atoms with van der Waals surface area (Å²) in [6.45, 7) is 7.66. The first-order valence-corrected chi connectivity index (χ1v) is 7.27. The summed E-state index contributed by atoms with van der Waals surface area (Å²) in [5, 5.41) is 9.45. The molecule has 1 N–H and O–H groups in total. The van der Waals surface area contributed by atoms with Crippen LogP contribution in [0, 0.1) is 0 Å². The van der Waals surface area contributed by atoms with Crippen molar-refractivity contribution in [1.82, 2.24) is 9.80 Å². The second-order valence-electron chi connectivity index (χ2n) is 5.46. The summed E-state index contributed by atoms with van der Waals surface area (Å²) in [6.07, 6.45) is 4.09. The molecule has 5 heteroatoms. The van der Waals surface area contributed by atoms with Crippen LogP contribution in [0.2, 0.25) is 0 Å². The fraction of sp³-hybridized carbons (Fsp3) is 0.857. The second kappa shape index (κ2) is 6.78. The van der Waals surface area contributed by atoms with Crippen LogP contribution in [0.25, 0.3) is 0 Å². The number of nitrogens with zero attached hydrogens (tertiary/aromatic N) is 2. The molecule has 110 valence electrons. The monoisotopic (exact) mass is 270 g/mol. The highest BCUT2D eigenvalue weighted by atomic mass is 16.4. The van der Waals surface area contributed by atoms with Gasteiger partial charge in [-0.2, -0.15) is 0 Å². The average molecular weight is 270 g/mol. The molecule has 0 bridgehead atoms. The van der Waals surface area contributed by atoms with Gasteiger partial charge in [0.25, 0.3) is 0 Å². The highest BCUT2D eigenvalue weighted by molar-refractivity contribution is 5.86. The maximum Gasteiger partial charge on any atom is 0.329 e. The summed E-state index contributed by atoms with van der Waals surface area (Å²) in [5.41, 5.74) is -1.05. The van der Waals surface area contributed by atoms with Crippen LogP contribution in [0.3, 0.4) is 0 Å². The van der Waals surface area contributed by atoms with Gasteiger partial charge in [-0.3, -0.25) is 0 Å². The Morgan fingerprint density at radius 3 is 2.26 bits per heavy atom. The first kappa shape index (κ1) is 15.8. The largest absolute Gasteiger partial charge is 0.480 e. The van der Waals surface area contributed by atoms with Gasteiger partial charge in [-0.25, -0.2) is 9.59 Å². The number of carbonyl (C=O) groups excluding carboxylic acids is 1. The van der Waals surface area contributed by atoms with Gasteiger partial charge in [-0.1, -0.05) is 13.8 Å². The third-order valence-electron chi connectivity index (χ3n) is 3.84. The fourth-order valence-electron chi connectivity index (χ4n) is 2.66. The van der Waals surface area contributed by atoms with E-state index in [-0.39, 0.29) is 6.03 Å². The van der Waals surface area contributed by atoms with Crippen LogP contribution >= 0.6 is 0 Å². The number of rotatable bonds is 5. The zero-order chi connectivity index (χ0) is 14.5. The topological polar surface area (TPSA) is 60.9 Å². The lowest BCUT2D eigenvalue weighted by atomic mass is 9.89. The van der Waals surface area contributed by atoms with Crippen LogP contribution in [0.4, 0.5) is 4.79 Å². The molecule has 2 amide bonds. The Kier molecular flexibility index (Phi) is 5.63. The fourth-order valence-corrected chi connectivity index (χ4v) is 2.66. The van der Waals surface area contributed by atoms with Gasteiger partial charge in [0.1, 0.15) is 5.54 Å². The van der Waals surface area contributed by atoms with Gasteiger partial charge in [0.2, 0.25) is 0 Å². The molecule has 1 atom stereocenters. The first-order chi connectivity index (χ1) is 8.97. The normalized spacial score (nSPS) is 23.2. The van der Waals surface area contributed by atoms with E-state index < -0.39 is 11.5 Å². The highest BCUT2D eigenvalue weighted by Crippen LogP contribution is 2.29. The third kappa shape index (κ3) is 3.39. The van der Waals surface area contributed by atoms with Crippen molar-refractivity contribution in [2.45, 2.75) is 58.4 Å². The van der Waals surface area contributed by atoms with Crippen molar-refractivity contribution in [3.63, 3.8) is 0 Å². The van der Waals surface area contributed by atoms with Crippen molar-refractivity contribution < 1.29 is 14.7 Å². The summed E-state index contributed by atoms with van der Waals surface area (Å²) in [5.74, 6) is -0.895. The van der Waals surface area contributed by atoms with Gasteiger partial charge < -0.3 is 14.9 Å². The van der Waals surface area contributed by atoms with Gasteiger partial charge in [-0.05, 0) is 39.0 Å². The molecular weight excluding hydrogens is 244 g/mol. The maximum absolute atomic E-state index is 12.6. The van der Waals surface area contributed by atoms with Crippen LogP contribution in [0.5, 0.6) is 0 Å². The van der Waals surface area contributed by atoms with Gasteiger partial charge in [-0.15, -0.1) is 0 Å². The van der Waals surface area contributed by atoms with Crippen molar-refractivity contribution in [2.75, 3.05) is 19.6 Å². The van der Waals surface area contributed by atoms with Crippen molar-refractivity contribution in [2.24, 2.45) is 0 Å². The number of carbonyl (C=O) groups is 2. The zero-order valence-corrected chi connectivity index (χ0v) is 12.3. The van der Waals surface area contributed by atoms with Gasteiger partial charge in [0, 0.05) is 19.6 Å². The second-order valence-corrected chi connectivity index (χ2v) is 5.46. The Labute approximate surface area is 115 Å². The van der Waals surface area contributed by atoms with Crippen LogP contribution in [-0.4, -0.2) is 52.1 Å². The quantitative estimate of drug-likeness (QED) is 0.835. The van der Waals surface area contributed by atoms with E-state index in [9.17, 15) is 14.7 Å². The van der Waals surface area contributed by atoms with E-state index >= 15 is 0 Å². The predicted octanol–water partition coefficient (Wildman–Crippen LogP) is 2.56. The number of aliphatic carboxylic acids is 1. The van der Waals surface area contributed by atoms with E-state index in [4.69, 9.17) is 0 Å². The van der Waals surface area contributed by atoms with Gasteiger partial charge in [0.05, 0.1) is 0 Å². The van der Waals surface area contributed by atoms with E-state index in [0.29, 0.717) is 26.1 Å². The van der Waals surface area contributed by atoms with Crippen molar-refractivity contribution in [1.29, 1.82) is 0 Å². The number of urea groups is 1. The van der Waals surface area contributed by atoms with Crippen LogP contribution < -0.4 is 0 Å². The molecule has 1 aliphatic rings. The highest BCUT2D eigenvalue weighted by Gasteiger charge is 2.44. The molecule has 0 saturated carbocycles. The molecule has 0 aliphatic carbocycles. The molecule has 0 aromatic carbocycles. The molecule has 0 aromatic heterocycles. The minimum atomic E-state index is -1.05. The lowest BCUT2D eigenvalue weighted by Gasteiger charge is -2.43. The van der Waals surface area contributed by atoms with Crippen LogP contribution in [0.15, 0.2) is 0 Å². The summed E-state index contributed by atoms with van der Waals surface area (Å²) in [6, 6.07) is -0.117. The van der Waals surface area contributed by atoms with Gasteiger partial charge in [0.15, 0.2) is 0 Å². The predicted molar refractivity (Wildman–Crippen MR) is 74.1 cm³/mol. The SMILES string of the molecule is CCCN(CCC)C(=O)N1CCCCC1(C)C(=O)O. The van der Waals surface area contributed by atoms with Crippen LogP contribution in [-0.2, 0) is 4.79 Å². The number of piperidine rings is 1. The molecular formula is C14H26N2O3. The lowest BCUT2D eigenvalue weighted by Crippen LogP contribution is -2.60. The summed E-state index contributed by atoms with van der Waals surface area (Å²) >= 11 is 0.